The first kappa shape index (κ1) is 21.6. The molecule has 0 unspecified atom stereocenters. The number of rotatable bonds is 4. The summed E-state index contributed by atoms with van der Waals surface area (Å²) < 4.78 is 58.3. The molecule has 0 aliphatic heterocycles. The predicted octanol–water partition coefficient (Wildman–Crippen LogP) is 4.13. The number of alkyl halides is 3. The number of aliphatic carboxylic acids is 1. The van der Waals surface area contributed by atoms with Gasteiger partial charge < -0.3 is 10.1 Å². The molecule has 0 saturated heterocycles. The molecule has 3 aromatic rings. The van der Waals surface area contributed by atoms with Crippen molar-refractivity contribution in [2.75, 3.05) is 5.75 Å². The Morgan fingerprint density at radius 3 is 2.32 bits per heavy atom. The van der Waals surface area contributed by atoms with Gasteiger partial charge in [-0.15, -0.1) is 0 Å². The monoisotopic (exact) mass is 419 g/mol. The molecule has 5 nitrogen and oxygen atoms in total. The Hall–Kier alpha value is -2.69. The van der Waals surface area contributed by atoms with Crippen molar-refractivity contribution in [3.63, 3.8) is 0 Å². The van der Waals surface area contributed by atoms with Crippen molar-refractivity contribution in [3.05, 3.63) is 59.7 Å². The molecule has 0 saturated carbocycles. The number of aromatic amines is 1. The Labute approximate surface area is 161 Å². The second-order valence-electron chi connectivity index (χ2n) is 5.68. The van der Waals surface area contributed by atoms with Gasteiger partial charge in [-0.25, -0.2) is 18.6 Å². The molecule has 0 aliphatic carbocycles. The Balaban J connectivity index is 0.000000345. The smallest absolute Gasteiger partial charge is 0.475 e. The highest BCUT2D eigenvalue weighted by Crippen LogP contribution is 2.23. The molecule has 3 rings (SSSR count). The number of fused-ring (bicyclic) bond motifs is 1. The maximum Gasteiger partial charge on any atom is 0.490 e. The predicted molar refractivity (Wildman–Crippen MR) is 94.2 cm³/mol. The number of carboxylic acids is 1. The van der Waals surface area contributed by atoms with Crippen LogP contribution in [-0.2, 0) is 11.2 Å². The van der Waals surface area contributed by atoms with E-state index in [0.29, 0.717) is 17.7 Å². The molecule has 2 heterocycles. The highest BCUT2D eigenvalue weighted by molar-refractivity contribution is 7.80. The molecule has 0 fully saturated rings. The summed E-state index contributed by atoms with van der Waals surface area (Å²) in [4.78, 5) is 20.6. The maximum atomic E-state index is 13.3. The average molecular weight is 419 g/mol. The fourth-order valence-electron chi connectivity index (χ4n) is 2.33. The van der Waals surface area contributed by atoms with Gasteiger partial charge in [0.25, 0.3) is 0 Å². The Kier molecular flexibility index (Phi) is 6.95. The van der Waals surface area contributed by atoms with Crippen molar-refractivity contribution >= 4 is 29.6 Å². The number of H-pyrrole nitrogens is 1. The SMILES string of the molecule is Fc1cc(F)cc(C[C@H](CS)c2nc3ccncc3[nH]2)c1.O=C(O)C(F)(F)F. The number of benzene rings is 1. The van der Waals surface area contributed by atoms with Crippen molar-refractivity contribution < 1.29 is 31.9 Å². The van der Waals surface area contributed by atoms with Crippen LogP contribution in [0.25, 0.3) is 11.0 Å². The zero-order valence-electron chi connectivity index (χ0n) is 14.0. The molecule has 0 aliphatic rings. The lowest BCUT2D eigenvalue weighted by Crippen LogP contribution is -2.21. The summed E-state index contributed by atoms with van der Waals surface area (Å²) in [6.45, 7) is 0. The molecular weight excluding hydrogens is 405 g/mol. The summed E-state index contributed by atoms with van der Waals surface area (Å²) in [5, 5.41) is 7.12. The van der Waals surface area contributed by atoms with Gasteiger partial charge in [-0.3, -0.25) is 4.98 Å². The number of imidazole rings is 1. The number of carboxylic acid groups (broad SMARTS) is 1. The van der Waals surface area contributed by atoms with Crippen LogP contribution in [0.4, 0.5) is 22.0 Å². The van der Waals surface area contributed by atoms with Gasteiger partial charge in [0.2, 0.25) is 0 Å². The van der Waals surface area contributed by atoms with Gasteiger partial charge in [-0.05, 0) is 30.2 Å². The lowest BCUT2D eigenvalue weighted by atomic mass is 10.00. The van der Waals surface area contributed by atoms with Gasteiger partial charge in [0, 0.05) is 23.9 Å². The number of carbonyl (C=O) groups is 1. The number of hydrogen-bond acceptors (Lipinski definition) is 4. The molecular formula is C17H14F5N3O2S. The van der Waals surface area contributed by atoms with Crippen LogP contribution >= 0.6 is 12.6 Å². The second kappa shape index (κ2) is 9.00. The van der Waals surface area contributed by atoms with Gasteiger partial charge in [-0.2, -0.15) is 25.8 Å². The fraction of sp³-hybridized carbons (Fsp3) is 0.235. The minimum atomic E-state index is -5.08. The lowest BCUT2D eigenvalue weighted by molar-refractivity contribution is -0.192. The summed E-state index contributed by atoms with van der Waals surface area (Å²) in [7, 11) is 0. The van der Waals surface area contributed by atoms with Gasteiger partial charge in [-0.1, -0.05) is 0 Å². The molecule has 0 bridgehead atoms. The van der Waals surface area contributed by atoms with E-state index in [9.17, 15) is 22.0 Å². The van der Waals surface area contributed by atoms with Crippen LogP contribution < -0.4 is 0 Å². The van der Waals surface area contributed by atoms with Crippen LogP contribution in [0.5, 0.6) is 0 Å². The van der Waals surface area contributed by atoms with Gasteiger partial charge in [0.15, 0.2) is 0 Å². The zero-order chi connectivity index (χ0) is 20.9. The Morgan fingerprint density at radius 2 is 1.82 bits per heavy atom. The standard InChI is InChI=1S/C15H13F2N3S.C2HF3O2/c16-11-4-9(5-12(17)6-11)3-10(8-21)15-19-13-1-2-18-7-14(13)20-15;3-2(4,5)1(6)7/h1-2,4-7,10,21H,3,8H2,(H,19,20);(H,6,7)/t10-;/m1./s1. The molecule has 2 N–H and O–H groups in total. The van der Waals surface area contributed by atoms with E-state index in [1.165, 1.54) is 12.1 Å². The number of hydrogen-bond donors (Lipinski definition) is 3. The molecule has 1 atom stereocenters. The largest absolute Gasteiger partial charge is 0.490 e. The number of aromatic nitrogens is 3. The van der Waals surface area contributed by atoms with Crippen LogP contribution in [0.15, 0.2) is 36.7 Å². The van der Waals surface area contributed by atoms with Crippen LogP contribution in [0, 0.1) is 11.6 Å². The molecule has 0 spiro atoms. The molecule has 28 heavy (non-hydrogen) atoms. The van der Waals surface area contributed by atoms with Crippen LogP contribution in [0.2, 0.25) is 0 Å². The quantitative estimate of drug-likeness (QED) is 0.439. The van der Waals surface area contributed by atoms with Crippen LogP contribution in [0.3, 0.4) is 0 Å². The highest BCUT2D eigenvalue weighted by atomic mass is 32.1. The first-order valence-corrected chi connectivity index (χ1v) is 8.39. The van der Waals surface area contributed by atoms with Crippen LogP contribution in [-0.4, -0.2) is 38.0 Å². The minimum absolute atomic E-state index is 0.0538. The number of nitrogens with zero attached hydrogens (tertiary/aromatic N) is 2. The minimum Gasteiger partial charge on any atom is -0.475 e. The topological polar surface area (TPSA) is 78.9 Å². The normalized spacial score (nSPS) is 12.4. The van der Waals surface area contributed by atoms with E-state index in [4.69, 9.17) is 9.90 Å². The number of nitrogens with one attached hydrogen (secondary N) is 1. The molecule has 0 radical (unpaired) electrons. The van der Waals surface area contributed by atoms with Gasteiger partial charge in [0.05, 0.1) is 17.2 Å². The maximum absolute atomic E-state index is 13.3. The molecule has 11 heteroatoms. The molecule has 0 amide bonds. The van der Waals surface area contributed by atoms with E-state index >= 15 is 0 Å². The van der Waals surface area contributed by atoms with E-state index < -0.39 is 23.8 Å². The third-order valence-electron chi connectivity index (χ3n) is 3.56. The Morgan fingerprint density at radius 1 is 1.21 bits per heavy atom. The lowest BCUT2D eigenvalue weighted by Gasteiger charge is -2.12. The Bertz CT molecular complexity index is 908. The first-order chi connectivity index (χ1) is 13.1. The highest BCUT2D eigenvalue weighted by Gasteiger charge is 2.38. The molecule has 150 valence electrons. The average Bonchev–Trinajstić information content (AvgIpc) is 3.02. The summed E-state index contributed by atoms with van der Waals surface area (Å²) in [6, 6.07) is 5.35. The number of thiol groups is 1. The van der Waals surface area contributed by atoms with Crippen molar-refractivity contribution in [2.45, 2.75) is 18.5 Å². The van der Waals surface area contributed by atoms with E-state index in [0.717, 1.165) is 22.9 Å². The summed E-state index contributed by atoms with van der Waals surface area (Å²) in [5.41, 5.74) is 2.24. The number of halogens is 5. The summed E-state index contributed by atoms with van der Waals surface area (Å²) >= 11 is 4.33. The summed E-state index contributed by atoms with van der Waals surface area (Å²) in [6.07, 6.45) is -1.25. The van der Waals surface area contributed by atoms with Crippen molar-refractivity contribution in [1.82, 2.24) is 15.0 Å². The van der Waals surface area contributed by atoms with Gasteiger partial charge >= 0.3 is 12.1 Å². The van der Waals surface area contributed by atoms with Crippen molar-refractivity contribution in [1.29, 1.82) is 0 Å². The van der Waals surface area contributed by atoms with Crippen LogP contribution in [0.1, 0.15) is 17.3 Å². The second-order valence-corrected chi connectivity index (χ2v) is 6.04. The zero-order valence-corrected chi connectivity index (χ0v) is 14.9. The number of pyridine rings is 1. The van der Waals surface area contributed by atoms with Crippen molar-refractivity contribution in [3.8, 4) is 0 Å². The fourth-order valence-corrected chi connectivity index (χ4v) is 2.63. The van der Waals surface area contributed by atoms with E-state index in [1.54, 1.807) is 12.4 Å². The third-order valence-corrected chi connectivity index (χ3v) is 4.00. The molecule has 2 aromatic heterocycles. The first-order valence-electron chi connectivity index (χ1n) is 7.75. The van der Waals surface area contributed by atoms with E-state index in [2.05, 4.69) is 27.6 Å². The van der Waals surface area contributed by atoms with E-state index in [1.807, 2.05) is 6.07 Å². The van der Waals surface area contributed by atoms with Gasteiger partial charge in [0.1, 0.15) is 17.5 Å². The molecule has 1 aromatic carbocycles. The third kappa shape index (κ3) is 5.91. The van der Waals surface area contributed by atoms with E-state index in [-0.39, 0.29) is 5.92 Å². The van der Waals surface area contributed by atoms with Crippen molar-refractivity contribution in [2.24, 2.45) is 0 Å². The summed E-state index contributed by atoms with van der Waals surface area (Å²) in [5.74, 6) is -2.69.